The molecule has 0 unspecified atom stereocenters. The van der Waals surface area contributed by atoms with E-state index in [0.29, 0.717) is 42.0 Å². The summed E-state index contributed by atoms with van der Waals surface area (Å²) < 4.78 is 16.1. The number of benzene rings is 1. The van der Waals surface area contributed by atoms with Crippen molar-refractivity contribution in [2.75, 3.05) is 26.3 Å². The lowest BCUT2D eigenvalue weighted by molar-refractivity contribution is 0.0726. The summed E-state index contributed by atoms with van der Waals surface area (Å²) in [6.07, 6.45) is 0.999. The number of carbonyl (C=O) groups excluding carboxylic acids is 1. The quantitative estimate of drug-likeness (QED) is 0.767. The maximum absolute atomic E-state index is 13.0. The van der Waals surface area contributed by atoms with E-state index in [4.69, 9.17) is 14.0 Å². The van der Waals surface area contributed by atoms with Crippen LogP contribution in [0.4, 0.5) is 0 Å². The molecular formula is C18H23N3O4. The van der Waals surface area contributed by atoms with Crippen LogP contribution in [0.25, 0.3) is 0 Å². The molecular weight excluding hydrogens is 322 g/mol. The lowest BCUT2D eigenvalue weighted by Crippen LogP contribution is -2.35. The molecule has 7 nitrogen and oxygen atoms in total. The first-order valence-corrected chi connectivity index (χ1v) is 8.55. The second-order valence-corrected chi connectivity index (χ2v) is 6.09. The monoisotopic (exact) mass is 345 g/mol. The Bertz CT molecular complexity index is 710. The van der Waals surface area contributed by atoms with E-state index in [1.54, 1.807) is 19.1 Å². The molecule has 1 saturated heterocycles. The van der Waals surface area contributed by atoms with Crippen LogP contribution in [0.5, 0.6) is 5.75 Å². The van der Waals surface area contributed by atoms with Gasteiger partial charge in [0.2, 0.25) is 11.7 Å². The highest BCUT2D eigenvalue weighted by Gasteiger charge is 2.24. The van der Waals surface area contributed by atoms with E-state index in [9.17, 15) is 4.79 Å². The summed E-state index contributed by atoms with van der Waals surface area (Å²) in [5.41, 5.74) is 0.545. The number of amides is 1. The first kappa shape index (κ1) is 17.4. The van der Waals surface area contributed by atoms with Crippen molar-refractivity contribution >= 4 is 5.91 Å². The molecule has 0 N–H and O–H groups in total. The third-order valence-electron chi connectivity index (χ3n) is 4.22. The van der Waals surface area contributed by atoms with Gasteiger partial charge in [0.15, 0.2) is 6.61 Å². The van der Waals surface area contributed by atoms with Gasteiger partial charge in [0.25, 0.3) is 5.91 Å². The third-order valence-corrected chi connectivity index (χ3v) is 4.22. The molecule has 1 aromatic heterocycles. The predicted molar refractivity (Wildman–Crippen MR) is 90.3 cm³/mol. The molecule has 2 aromatic rings. The first-order chi connectivity index (χ1) is 12.2. The van der Waals surface area contributed by atoms with Crippen molar-refractivity contribution in [1.82, 2.24) is 15.0 Å². The van der Waals surface area contributed by atoms with E-state index < -0.39 is 0 Å². The number of aromatic nitrogens is 2. The fourth-order valence-corrected chi connectivity index (χ4v) is 2.88. The van der Waals surface area contributed by atoms with Crippen LogP contribution >= 0.6 is 0 Å². The second-order valence-electron chi connectivity index (χ2n) is 6.09. The standard InChI is InChI=1S/C18H23N3O4/c1-3-21(10-14-8-9-23-11-14)18(22)15-6-4-5-7-16(15)24-12-17-19-13(2)25-20-17/h4-7,14H,3,8-12H2,1-2H3/t14-/m0/s1. The zero-order valence-electron chi connectivity index (χ0n) is 14.6. The average molecular weight is 345 g/mol. The van der Waals surface area contributed by atoms with Crippen LogP contribution in [0.1, 0.15) is 35.4 Å². The zero-order valence-corrected chi connectivity index (χ0v) is 14.6. The Labute approximate surface area is 146 Å². The van der Waals surface area contributed by atoms with Crippen molar-refractivity contribution in [2.24, 2.45) is 5.92 Å². The summed E-state index contributed by atoms with van der Waals surface area (Å²) in [5.74, 6) is 1.83. The summed E-state index contributed by atoms with van der Waals surface area (Å²) in [6.45, 7) is 6.71. The highest BCUT2D eigenvalue weighted by Crippen LogP contribution is 2.22. The number of aryl methyl sites for hydroxylation is 1. The van der Waals surface area contributed by atoms with Gasteiger partial charge in [-0.05, 0) is 25.5 Å². The van der Waals surface area contributed by atoms with E-state index in [1.807, 2.05) is 24.0 Å². The number of hydrogen-bond acceptors (Lipinski definition) is 6. The SMILES string of the molecule is CCN(C[C@@H]1CCOC1)C(=O)c1ccccc1OCc1noc(C)n1. The van der Waals surface area contributed by atoms with E-state index in [1.165, 1.54) is 0 Å². The van der Waals surface area contributed by atoms with Gasteiger partial charge in [-0.25, -0.2) is 0 Å². The van der Waals surface area contributed by atoms with Crippen molar-refractivity contribution in [1.29, 1.82) is 0 Å². The lowest BCUT2D eigenvalue weighted by Gasteiger charge is -2.24. The van der Waals surface area contributed by atoms with Gasteiger partial charge < -0.3 is 18.9 Å². The Morgan fingerprint density at radius 1 is 1.40 bits per heavy atom. The van der Waals surface area contributed by atoms with E-state index in [2.05, 4.69) is 10.1 Å². The average Bonchev–Trinajstić information content (AvgIpc) is 3.29. The maximum atomic E-state index is 13.0. The molecule has 0 radical (unpaired) electrons. The van der Waals surface area contributed by atoms with Crippen LogP contribution in [-0.4, -0.2) is 47.3 Å². The number of carbonyl (C=O) groups is 1. The molecule has 1 aromatic carbocycles. The van der Waals surface area contributed by atoms with Crippen LogP contribution < -0.4 is 4.74 Å². The Morgan fingerprint density at radius 3 is 2.92 bits per heavy atom. The minimum atomic E-state index is -0.0331. The van der Waals surface area contributed by atoms with Gasteiger partial charge in [-0.2, -0.15) is 4.98 Å². The van der Waals surface area contributed by atoms with Gasteiger partial charge in [-0.1, -0.05) is 17.3 Å². The molecule has 0 saturated carbocycles. The Kier molecular flexibility index (Phi) is 5.65. The van der Waals surface area contributed by atoms with Crippen molar-refractivity contribution in [3.05, 3.63) is 41.5 Å². The van der Waals surface area contributed by atoms with E-state index >= 15 is 0 Å². The van der Waals surface area contributed by atoms with Gasteiger partial charge in [-0.15, -0.1) is 0 Å². The molecule has 134 valence electrons. The molecule has 2 heterocycles. The summed E-state index contributed by atoms with van der Waals surface area (Å²) in [7, 11) is 0. The molecule has 25 heavy (non-hydrogen) atoms. The molecule has 1 fully saturated rings. The van der Waals surface area contributed by atoms with Crippen LogP contribution in [0, 0.1) is 12.8 Å². The van der Waals surface area contributed by atoms with Crippen LogP contribution in [0.2, 0.25) is 0 Å². The smallest absolute Gasteiger partial charge is 0.257 e. The maximum Gasteiger partial charge on any atom is 0.257 e. The number of hydrogen-bond donors (Lipinski definition) is 0. The summed E-state index contributed by atoms with van der Waals surface area (Å²) in [6, 6.07) is 7.25. The number of rotatable bonds is 7. The normalized spacial score (nSPS) is 16.8. The molecule has 0 bridgehead atoms. The first-order valence-electron chi connectivity index (χ1n) is 8.55. The highest BCUT2D eigenvalue weighted by atomic mass is 16.5. The van der Waals surface area contributed by atoms with Crippen molar-refractivity contribution < 1.29 is 18.8 Å². The summed E-state index contributed by atoms with van der Waals surface area (Å²) in [4.78, 5) is 18.9. The van der Waals surface area contributed by atoms with Gasteiger partial charge in [0.05, 0.1) is 12.2 Å². The second kappa shape index (κ2) is 8.11. The molecule has 3 rings (SSSR count). The molecule has 0 spiro atoms. The van der Waals surface area contributed by atoms with E-state index in [0.717, 1.165) is 19.6 Å². The number of nitrogens with zero attached hydrogens (tertiary/aromatic N) is 3. The van der Waals surface area contributed by atoms with Crippen LogP contribution in [0.15, 0.2) is 28.8 Å². The molecule has 7 heteroatoms. The summed E-state index contributed by atoms with van der Waals surface area (Å²) in [5, 5.41) is 3.80. The van der Waals surface area contributed by atoms with Gasteiger partial charge in [0, 0.05) is 32.5 Å². The van der Waals surface area contributed by atoms with Crippen LogP contribution in [0.3, 0.4) is 0 Å². The highest BCUT2D eigenvalue weighted by molar-refractivity contribution is 5.96. The van der Waals surface area contributed by atoms with Crippen molar-refractivity contribution in [3.8, 4) is 5.75 Å². The fourth-order valence-electron chi connectivity index (χ4n) is 2.88. The van der Waals surface area contributed by atoms with E-state index in [-0.39, 0.29) is 12.5 Å². The topological polar surface area (TPSA) is 77.7 Å². The van der Waals surface area contributed by atoms with Crippen molar-refractivity contribution in [2.45, 2.75) is 26.9 Å². The third kappa shape index (κ3) is 4.36. The Hall–Kier alpha value is -2.41. The summed E-state index contributed by atoms with van der Waals surface area (Å²) >= 11 is 0. The molecule has 0 aliphatic carbocycles. The van der Waals surface area contributed by atoms with Crippen molar-refractivity contribution in [3.63, 3.8) is 0 Å². The number of ether oxygens (including phenoxy) is 2. The number of para-hydroxylation sites is 1. The minimum absolute atomic E-state index is 0.0331. The molecule has 1 atom stereocenters. The zero-order chi connectivity index (χ0) is 17.6. The lowest BCUT2D eigenvalue weighted by atomic mass is 10.1. The predicted octanol–water partition coefficient (Wildman–Crippen LogP) is 2.46. The Balaban J connectivity index is 1.70. The fraction of sp³-hybridized carbons (Fsp3) is 0.500. The van der Waals surface area contributed by atoms with Gasteiger partial charge in [0.1, 0.15) is 5.75 Å². The van der Waals surface area contributed by atoms with Gasteiger partial charge >= 0.3 is 0 Å². The molecule has 1 amide bonds. The molecule has 1 aliphatic heterocycles. The largest absolute Gasteiger partial charge is 0.485 e. The van der Waals surface area contributed by atoms with Gasteiger partial charge in [-0.3, -0.25) is 4.79 Å². The Morgan fingerprint density at radius 2 is 2.24 bits per heavy atom. The molecule has 1 aliphatic rings. The minimum Gasteiger partial charge on any atom is -0.485 e. The van der Waals surface area contributed by atoms with Crippen LogP contribution in [-0.2, 0) is 11.3 Å².